The Morgan fingerprint density at radius 1 is 1.47 bits per heavy atom. The minimum absolute atomic E-state index is 0.0548. The van der Waals surface area contributed by atoms with E-state index in [1.807, 2.05) is 13.8 Å². The van der Waals surface area contributed by atoms with Crippen LogP contribution in [0.5, 0.6) is 0 Å². The Kier molecular flexibility index (Phi) is 5.86. The van der Waals surface area contributed by atoms with Crippen molar-refractivity contribution in [3.63, 3.8) is 0 Å². The number of amides is 2. The molecule has 1 aliphatic rings. The number of aliphatic carboxylic acids is 1. The van der Waals surface area contributed by atoms with E-state index in [0.29, 0.717) is 13.1 Å². The van der Waals surface area contributed by atoms with Crippen molar-refractivity contribution in [2.45, 2.75) is 39.2 Å². The highest BCUT2D eigenvalue weighted by Crippen LogP contribution is 2.31. The molecule has 0 spiro atoms. The molecule has 2 unspecified atom stereocenters. The highest BCUT2D eigenvalue weighted by Gasteiger charge is 2.33. The van der Waals surface area contributed by atoms with Crippen LogP contribution in [0.3, 0.4) is 0 Å². The van der Waals surface area contributed by atoms with Gasteiger partial charge in [0.1, 0.15) is 0 Å². The molecule has 0 aliphatic heterocycles. The number of hydrogen-bond donors (Lipinski definition) is 2. The molecule has 5 nitrogen and oxygen atoms in total. The fourth-order valence-corrected chi connectivity index (χ4v) is 2.59. The van der Waals surface area contributed by atoms with Gasteiger partial charge in [0.2, 0.25) is 0 Å². The molecule has 108 valence electrons. The molecule has 1 rings (SSSR count). The third-order valence-corrected chi connectivity index (χ3v) is 3.70. The van der Waals surface area contributed by atoms with E-state index in [1.165, 1.54) is 0 Å². The maximum Gasteiger partial charge on any atom is 0.317 e. The van der Waals surface area contributed by atoms with Crippen LogP contribution in [-0.4, -0.2) is 41.1 Å². The van der Waals surface area contributed by atoms with Gasteiger partial charge in [0.25, 0.3) is 0 Å². The quantitative estimate of drug-likeness (QED) is 0.725. The minimum atomic E-state index is -0.747. The van der Waals surface area contributed by atoms with E-state index < -0.39 is 5.97 Å². The fraction of sp³-hybridized carbons (Fsp3) is 0.714. The van der Waals surface area contributed by atoms with Gasteiger partial charge in [0.05, 0.1) is 5.92 Å². The van der Waals surface area contributed by atoms with Gasteiger partial charge in [-0.1, -0.05) is 12.5 Å². The van der Waals surface area contributed by atoms with Crippen molar-refractivity contribution in [2.24, 2.45) is 11.8 Å². The van der Waals surface area contributed by atoms with Crippen molar-refractivity contribution in [1.82, 2.24) is 10.2 Å². The van der Waals surface area contributed by atoms with Gasteiger partial charge < -0.3 is 15.3 Å². The fourth-order valence-electron chi connectivity index (χ4n) is 2.59. The number of carbonyl (C=O) groups is 2. The van der Waals surface area contributed by atoms with Crippen LogP contribution in [0.2, 0.25) is 0 Å². The summed E-state index contributed by atoms with van der Waals surface area (Å²) in [6.45, 7) is 8.46. The SMILES string of the molecule is C=CCN(C(=O)NCC1CCCC1C(=O)O)C(C)C. The summed E-state index contributed by atoms with van der Waals surface area (Å²) in [6, 6.07) is -0.0530. The van der Waals surface area contributed by atoms with E-state index in [-0.39, 0.29) is 23.9 Å². The molecular weight excluding hydrogens is 244 g/mol. The van der Waals surface area contributed by atoms with Crippen LogP contribution in [0.25, 0.3) is 0 Å². The van der Waals surface area contributed by atoms with E-state index >= 15 is 0 Å². The maximum absolute atomic E-state index is 12.0. The third kappa shape index (κ3) is 4.26. The van der Waals surface area contributed by atoms with Crippen LogP contribution < -0.4 is 5.32 Å². The third-order valence-electron chi connectivity index (χ3n) is 3.70. The zero-order chi connectivity index (χ0) is 14.4. The van der Waals surface area contributed by atoms with Gasteiger partial charge in [0.15, 0.2) is 0 Å². The Morgan fingerprint density at radius 2 is 2.16 bits per heavy atom. The van der Waals surface area contributed by atoms with Crippen LogP contribution in [0.1, 0.15) is 33.1 Å². The molecule has 0 heterocycles. The molecule has 0 aromatic carbocycles. The van der Waals surface area contributed by atoms with Crippen molar-refractivity contribution >= 4 is 12.0 Å². The molecule has 2 atom stereocenters. The summed E-state index contributed by atoms with van der Waals surface area (Å²) in [5.74, 6) is -1.00. The Hall–Kier alpha value is -1.52. The van der Waals surface area contributed by atoms with Crippen molar-refractivity contribution < 1.29 is 14.7 Å². The second-order valence-electron chi connectivity index (χ2n) is 5.36. The molecule has 0 saturated heterocycles. The minimum Gasteiger partial charge on any atom is -0.481 e. The first kappa shape index (κ1) is 15.5. The lowest BCUT2D eigenvalue weighted by atomic mass is 9.96. The molecule has 0 aromatic heterocycles. The number of carbonyl (C=O) groups excluding carboxylic acids is 1. The molecule has 0 radical (unpaired) electrons. The largest absolute Gasteiger partial charge is 0.481 e. The van der Waals surface area contributed by atoms with Crippen LogP contribution in [0.15, 0.2) is 12.7 Å². The van der Waals surface area contributed by atoms with Crippen molar-refractivity contribution in [3.05, 3.63) is 12.7 Å². The highest BCUT2D eigenvalue weighted by molar-refractivity contribution is 5.75. The van der Waals surface area contributed by atoms with Crippen molar-refractivity contribution in [2.75, 3.05) is 13.1 Å². The molecule has 19 heavy (non-hydrogen) atoms. The zero-order valence-electron chi connectivity index (χ0n) is 11.8. The normalized spacial score (nSPS) is 22.3. The van der Waals surface area contributed by atoms with Gasteiger partial charge >= 0.3 is 12.0 Å². The molecular formula is C14H24N2O3. The molecule has 2 N–H and O–H groups in total. The zero-order valence-corrected chi connectivity index (χ0v) is 11.8. The van der Waals surface area contributed by atoms with Gasteiger partial charge in [-0.15, -0.1) is 6.58 Å². The van der Waals surface area contributed by atoms with Crippen LogP contribution in [-0.2, 0) is 4.79 Å². The summed E-state index contributed by atoms with van der Waals surface area (Å²) in [4.78, 5) is 24.8. The number of nitrogens with one attached hydrogen (secondary N) is 1. The van der Waals surface area contributed by atoms with Gasteiger partial charge in [-0.3, -0.25) is 4.79 Å². The van der Waals surface area contributed by atoms with E-state index in [0.717, 1.165) is 19.3 Å². The molecule has 5 heteroatoms. The first-order valence-corrected chi connectivity index (χ1v) is 6.85. The molecule has 1 fully saturated rings. The van der Waals surface area contributed by atoms with E-state index in [4.69, 9.17) is 5.11 Å². The molecule has 1 saturated carbocycles. The standard InChI is InChI=1S/C14H24N2O3/c1-4-8-16(10(2)3)14(19)15-9-11-6-5-7-12(11)13(17)18/h4,10-12H,1,5-9H2,2-3H3,(H,15,19)(H,17,18). The Balaban J connectivity index is 2.48. The predicted molar refractivity (Wildman–Crippen MR) is 73.9 cm³/mol. The average molecular weight is 268 g/mol. The smallest absolute Gasteiger partial charge is 0.317 e. The average Bonchev–Trinajstić information content (AvgIpc) is 2.81. The summed E-state index contributed by atoms with van der Waals surface area (Å²) < 4.78 is 0. The second-order valence-corrected chi connectivity index (χ2v) is 5.36. The van der Waals surface area contributed by atoms with E-state index in [2.05, 4.69) is 11.9 Å². The summed E-state index contributed by atoms with van der Waals surface area (Å²) in [5.41, 5.74) is 0. The van der Waals surface area contributed by atoms with Gasteiger partial charge in [-0.05, 0) is 32.6 Å². The maximum atomic E-state index is 12.0. The summed E-state index contributed by atoms with van der Waals surface area (Å²) >= 11 is 0. The molecule has 0 aromatic rings. The van der Waals surface area contributed by atoms with Crippen LogP contribution in [0.4, 0.5) is 4.79 Å². The Labute approximate surface area is 114 Å². The lowest BCUT2D eigenvalue weighted by Crippen LogP contribution is -2.46. The van der Waals surface area contributed by atoms with Gasteiger partial charge in [-0.25, -0.2) is 4.79 Å². The van der Waals surface area contributed by atoms with Crippen LogP contribution in [0, 0.1) is 11.8 Å². The van der Waals surface area contributed by atoms with Gasteiger partial charge in [0, 0.05) is 19.1 Å². The highest BCUT2D eigenvalue weighted by atomic mass is 16.4. The summed E-state index contributed by atoms with van der Waals surface area (Å²) in [5, 5.41) is 11.9. The number of rotatable bonds is 6. The molecule has 1 aliphatic carbocycles. The van der Waals surface area contributed by atoms with Crippen molar-refractivity contribution in [1.29, 1.82) is 0 Å². The first-order chi connectivity index (χ1) is 8.97. The first-order valence-electron chi connectivity index (χ1n) is 6.85. The second kappa shape index (κ2) is 7.16. The topological polar surface area (TPSA) is 69.6 Å². The monoisotopic (exact) mass is 268 g/mol. The number of urea groups is 1. The number of carboxylic acid groups (broad SMARTS) is 1. The predicted octanol–water partition coefficient (Wildman–Crippen LogP) is 2.09. The summed E-state index contributed by atoms with van der Waals surface area (Å²) in [6.07, 6.45) is 4.21. The number of carboxylic acids is 1. The number of nitrogens with zero attached hydrogens (tertiary/aromatic N) is 1. The Morgan fingerprint density at radius 3 is 2.68 bits per heavy atom. The lowest BCUT2D eigenvalue weighted by Gasteiger charge is -2.27. The van der Waals surface area contributed by atoms with Gasteiger partial charge in [-0.2, -0.15) is 0 Å². The molecule has 0 bridgehead atoms. The van der Waals surface area contributed by atoms with E-state index in [1.54, 1.807) is 11.0 Å². The lowest BCUT2D eigenvalue weighted by molar-refractivity contribution is -0.142. The number of hydrogen-bond acceptors (Lipinski definition) is 2. The van der Waals surface area contributed by atoms with Crippen LogP contribution >= 0.6 is 0 Å². The summed E-state index contributed by atoms with van der Waals surface area (Å²) in [7, 11) is 0. The molecule has 2 amide bonds. The van der Waals surface area contributed by atoms with Crippen molar-refractivity contribution in [3.8, 4) is 0 Å². The Bertz CT molecular complexity index is 342. The van der Waals surface area contributed by atoms with E-state index in [9.17, 15) is 9.59 Å².